The number of allylic oxidation sites excluding steroid dienone is 16. The molecule has 0 atom stereocenters. The van der Waals surface area contributed by atoms with Crippen molar-refractivity contribution in [2.24, 2.45) is 0 Å². The third-order valence-corrected chi connectivity index (χ3v) is 6.05. The monoisotopic (exact) mass is 456 g/mol. The minimum atomic E-state index is 1.21. The Labute approximate surface area is 202 Å². The van der Waals surface area contributed by atoms with Gasteiger partial charge in [0, 0.05) is 9.75 Å². The van der Waals surface area contributed by atoms with Crippen LogP contribution in [-0.4, -0.2) is 0 Å². The summed E-state index contributed by atoms with van der Waals surface area (Å²) in [6, 6.07) is 8.39. The highest BCUT2D eigenvalue weighted by atomic mass is 32.1. The maximum absolute atomic E-state index is 2.15. The summed E-state index contributed by atoms with van der Waals surface area (Å²) < 4.78 is 0. The number of thiophene rings is 2. The molecule has 2 aromatic heterocycles. The Bertz CT molecular complexity index is 984. The molecule has 0 bridgehead atoms. The van der Waals surface area contributed by atoms with Crippen LogP contribution in [0.4, 0.5) is 0 Å². The minimum Gasteiger partial charge on any atom is -0.144 e. The Kier molecular flexibility index (Phi) is 11.8. The van der Waals surface area contributed by atoms with Crippen LogP contribution in [0.2, 0.25) is 0 Å². The van der Waals surface area contributed by atoms with Gasteiger partial charge in [0.1, 0.15) is 0 Å². The molecule has 2 heteroatoms. The van der Waals surface area contributed by atoms with Crippen LogP contribution in [0.1, 0.15) is 37.4 Å². The summed E-state index contributed by atoms with van der Waals surface area (Å²) in [6.45, 7) is 8.45. The van der Waals surface area contributed by atoms with E-state index in [0.717, 1.165) is 0 Å². The Balaban J connectivity index is 1.79. The first-order valence-electron chi connectivity index (χ1n) is 10.7. The van der Waals surface area contributed by atoms with E-state index in [4.69, 9.17) is 0 Å². The Morgan fingerprint density at radius 3 is 1.28 bits per heavy atom. The molecule has 0 radical (unpaired) electrons. The number of hydrogen-bond acceptors (Lipinski definition) is 2. The van der Waals surface area contributed by atoms with Crippen LogP contribution < -0.4 is 0 Å². The predicted molar refractivity (Wildman–Crippen MR) is 149 cm³/mol. The topological polar surface area (TPSA) is 0 Å². The van der Waals surface area contributed by atoms with Crippen LogP contribution >= 0.6 is 22.7 Å². The molecule has 0 aliphatic rings. The molecule has 0 fully saturated rings. The largest absolute Gasteiger partial charge is 0.144 e. The summed E-state index contributed by atoms with van der Waals surface area (Å²) >= 11 is 3.50. The van der Waals surface area contributed by atoms with E-state index in [9.17, 15) is 0 Å². The van der Waals surface area contributed by atoms with Crippen LogP contribution in [-0.2, 0) is 0 Å². The summed E-state index contributed by atoms with van der Waals surface area (Å²) in [4.78, 5) is 2.55. The second kappa shape index (κ2) is 15.0. The normalized spacial score (nSPS) is 15.0. The highest BCUT2D eigenvalue weighted by molar-refractivity contribution is 7.11. The first kappa shape index (κ1) is 25.3. The van der Waals surface area contributed by atoms with Crippen LogP contribution in [0.15, 0.2) is 130 Å². The highest BCUT2D eigenvalue weighted by Gasteiger charge is 1.87. The van der Waals surface area contributed by atoms with Crippen molar-refractivity contribution in [3.63, 3.8) is 0 Å². The lowest BCUT2D eigenvalue weighted by atomic mass is 10.2. The van der Waals surface area contributed by atoms with E-state index in [1.807, 2.05) is 0 Å². The summed E-state index contributed by atoms with van der Waals surface area (Å²) in [7, 11) is 0. The average molecular weight is 457 g/mol. The van der Waals surface area contributed by atoms with E-state index < -0.39 is 0 Å². The van der Waals surface area contributed by atoms with Crippen LogP contribution in [0, 0.1) is 0 Å². The molecule has 0 saturated heterocycles. The SMILES string of the molecule is CC(C=CC=C(C)C=Cc1cccs1)=CC=CC=C(C)C=CC=C(C)C=Cc1cccs1. The fourth-order valence-electron chi connectivity index (χ4n) is 2.54. The maximum atomic E-state index is 2.15. The van der Waals surface area contributed by atoms with E-state index in [2.05, 4.69) is 148 Å². The zero-order chi connectivity index (χ0) is 23.0. The van der Waals surface area contributed by atoms with Crippen molar-refractivity contribution < 1.29 is 0 Å². The van der Waals surface area contributed by atoms with Gasteiger partial charge in [-0.1, -0.05) is 107 Å². The van der Waals surface area contributed by atoms with Gasteiger partial charge in [0.2, 0.25) is 0 Å². The van der Waals surface area contributed by atoms with E-state index in [-0.39, 0.29) is 0 Å². The molecule has 2 aromatic rings. The van der Waals surface area contributed by atoms with Gasteiger partial charge in [0.15, 0.2) is 0 Å². The zero-order valence-electron chi connectivity index (χ0n) is 19.4. The van der Waals surface area contributed by atoms with Crippen LogP contribution in [0.3, 0.4) is 0 Å². The fraction of sp³-hybridized carbons (Fsp3) is 0.133. The molecular formula is C30H32S2. The second-order valence-electron chi connectivity index (χ2n) is 7.44. The average Bonchev–Trinajstić information content (AvgIpc) is 3.48. The smallest absolute Gasteiger partial charge is 0.0270 e. The van der Waals surface area contributed by atoms with Gasteiger partial charge in [-0.25, -0.2) is 0 Å². The molecule has 0 nitrogen and oxygen atoms in total. The molecule has 2 heterocycles. The third kappa shape index (κ3) is 11.5. The Hall–Kier alpha value is -2.94. The molecule has 0 amide bonds. The van der Waals surface area contributed by atoms with Crippen molar-refractivity contribution in [2.75, 3.05) is 0 Å². The van der Waals surface area contributed by atoms with E-state index >= 15 is 0 Å². The van der Waals surface area contributed by atoms with Gasteiger partial charge in [0.05, 0.1) is 0 Å². The van der Waals surface area contributed by atoms with E-state index in [0.29, 0.717) is 0 Å². The summed E-state index contributed by atoms with van der Waals surface area (Å²) in [5.74, 6) is 0. The molecule has 164 valence electrons. The molecule has 0 aromatic carbocycles. The minimum absolute atomic E-state index is 1.21. The first-order chi connectivity index (χ1) is 15.5. The van der Waals surface area contributed by atoms with Gasteiger partial charge in [0.25, 0.3) is 0 Å². The molecule has 32 heavy (non-hydrogen) atoms. The van der Waals surface area contributed by atoms with Gasteiger partial charge in [-0.3, -0.25) is 0 Å². The highest BCUT2D eigenvalue weighted by Crippen LogP contribution is 2.13. The van der Waals surface area contributed by atoms with Crippen LogP contribution in [0.5, 0.6) is 0 Å². The van der Waals surface area contributed by atoms with E-state index in [1.54, 1.807) is 22.7 Å². The Morgan fingerprint density at radius 2 is 0.906 bits per heavy atom. The van der Waals surface area contributed by atoms with Crippen molar-refractivity contribution in [2.45, 2.75) is 27.7 Å². The Morgan fingerprint density at radius 1 is 0.531 bits per heavy atom. The first-order valence-corrected chi connectivity index (χ1v) is 12.4. The molecule has 0 spiro atoms. The standard InChI is InChI=1S/C30H32S2/c1-25(13-7-15-27(3)19-21-29-17-9-23-31-29)11-5-6-12-26(2)14-8-16-28(4)20-22-30-18-10-24-32-30/h5-24H,1-4H3. The van der Waals surface area contributed by atoms with Crippen LogP contribution in [0.25, 0.3) is 12.2 Å². The quantitative estimate of drug-likeness (QED) is 0.312. The molecule has 0 aliphatic carbocycles. The van der Waals surface area contributed by atoms with Crippen molar-refractivity contribution >= 4 is 34.8 Å². The van der Waals surface area contributed by atoms with Gasteiger partial charge in [-0.05, 0) is 62.7 Å². The van der Waals surface area contributed by atoms with E-state index in [1.165, 1.54) is 32.0 Å². The number of hydrogen-bond donors (Lipinski definition) is 0. The molecule has 0 saturated carbocycles. The van der Waals surface area contributed by atoms with Crippen molar-refractivity contribution in [3.8, 4) is 0 Å². The lowest BCUT2D eigenvalue weighted by molar-refractivity contribution is 1.49. The summed E-state index contributed by atoms with van der Waals surface area (Å²) in [5, 5.41) is 4.19. The third-order valence-electron chi connectivity index (χ3n) is 4.37. The maximum Gasteiger partial charge on any atom is 0.0270 e. The van der Waals surface area contributed by atoms with Crippen molar-refractivity contribution in [3.05, 3.63) is 140 Å². The fourth-order valence-corrected chi connectivity index (χ4v) is 3.78. The number of rotatable bonds is 10. The van der Waals surface area contributed by atoms with Gasteiger partial charge in [-0.2, -0.15) is 0 Å². The van der Waals surface area contributed by atoms with Gasteiger partial charge >= 0.3 is 0 Å². The van der Waals surface area contributed by atoms with Gasteiger partial charge in [-0.15, -0.1) is 22.7 Å². The molecule has 0 unspecified atom stereocenters. The lowest BCUT2D eigenvalue weighted by Gasteiger charge is -1.91. The molecule has 0 N–H and O–H groups in total. The molecule has 2 rings (SSSR count). The van der Waals surface area contributed by atoms with Crippen molar-refractivity contribution in [1.82, 2.24) is 0 Å². The lowest BCUT2D eigenvalue weighted by Crippen LogP contribution is -1.70. The second-order valence-corrected chi connectivity index (χ2v) is 9.40. The zero-order valence-corrected chi connectivity index (χ0v) is 21.0. The molecule has 0 aliphatic heterocycles. The summed E-state index contributed by atoms with van der Waals surface area (Å²) in [5.41, 5.74) is 4.89. The summed E-state index contributed by atoms with van der Waals surface area (Å²) in [6.07, 6.45) is 29.7. The molecular weight excluding hydrogens is 424 g/mol. The van der Waals surface area contributed by atoms with Crippen molar-refractivity contribution in [1.29, 1.82) is 0 Å². The van der Waals surface area contributed by atoms with Gasteiger partial charge < -0.3 is 0 Å². The predicted octanol–water partition coefficient (Wildman–Crippen LogP) is 9.99.